The molecule has 1 aromatic heterocycles. The van der Waals surface area contributed by atoms with Crippen LogP contribution in [-0.4, -0.2) is 28.6 Å². The lowest BCUT2D eigenvalue weighted by molar-refractivity contribution is -0.111. The molecule has 1 aliphatic carbocycles. The third-order valence-corrected chi connectivity index (χ3v) is 3.26. The summed E-state index contributed by atoms with van der Waals surface area (Å²) in [6.07, 6.45) is 11.5. The van der Waals surface area contributed by atoms with Gasteiger partial charge < -0.3 is 4.74 Å². The van der Waals surface area contributed by atoms with Gasteiger partial charge in [0, 0.05) is 25.3 Å². The number of ether oxygens (including phenoxy) is 1. The molecule has 0 N–H and O–H groups in total. The molecule has 2 rings (SSSR count). The Balaban J connectivity index is 2.07. The maximum Gasteiger partial charge on any atom is 0.186 e. The van der Waals surface area contributed by atoms with Crippen molar-refractivity contribution in [2.24, 2.45) is 5.92 Å². The van der Waals surface area contributed by atoms with E-state index in [1.165, 1.54) is 0 Å². The molecule has 4 nitrogen and oxygen atoms in total. The zero-order valence-corrected chi connectivity index (χ0v) is 11.8. The lowest BCUT2D eigenvalue weighted by Crippen LogP contribution is -2.05. The summed E-state index contributed by atoms with van der Waals surface area (Å²) in [7, 11) is 1.68. The quantitative estimate of drug-likeness (QED) is 0.812. The summed E-state index contributed by atoms with van der Waals surface area (Å²) in [5.41, 5.74) is 2.19. The van der Waals surface area contributed by atoms with Crippen molar-refractivity contribution in [1.82, 2.24) is 9.78 Å². The highest BCUT2D eigenvalue weighted by Crippen LogP contribution is 2.26. The molecule has 0 saturated carbocycles. The van der Waals surface area contributed by atoms with Crippen molar-refractivity contribution in [2.75, 3.05) is 13.7 Å². The first-order chi connectivity index (χ1) is 9.19. The predicted molar refractivity (Wildman–Crippen MR) is 77.9 cm³/mol. The molecule has 0 aromatic carbocycles. The van der Waals surface area contributed by atoms with Gasteiger partial charge in [0.25, 0.3) is 0 Å². The van der Waals surface area contributed by atoms with E-state index >= 15 is 0 Å². The molecule has 0 bridgehead atoms. The maximum absolute atomic E-state index is 11.1. The highest BCUT2D eigenvalue weighted by atomic mass is 32.1. The van der Waals surface area contributed by atoms with Crippen LogP contribution in [0.2, 0.25) is 0 Å². The number of hydrogen-bond donors (Lipinski definition) is 1. The van der Waals surface area contributed by atoms with Crippen molar-refractivity contribution in [2.45, 2.75) is 19.4 Å². The van der Waals surface area contributed by atoms with Gasteiger partial charge in [0.2, 0.25) is 0 Å². The SMILES string of the molecule is COCCn1cc(C2=CC(CC(=O)S)CC=C2)cn1. The van der Waals surface area contributed by atoms with Crippen molar-refractivity contribution < 1.29 is 9.53 Å². The Hall–Kier alpha value is -1.33. The van der Waals surface area contributed by atoms with Gasteiger partial charge in [-0.05, 0) is 17.9 Å². The molecule has 1 unspecified atom stereocenters. The van der Waals surface area contributed by atoms with Gasteiger partial charge in [-0.25, -0.2) is 0 Å². The van der Waals surface area contributed by atoms with E-state index in [-0.39, 0.29) is 11.0 Å². The van der Waals surface area contributed by atoms with Crippen molar-refractivity contribution in [3.8, 4) is 0 Å². The summed E-state index contributed by atoms with van der Waals surface area (Å²) in [6.45, 7) is 1.39. The second-order valence-corrected chi connectivity index (χ2v) is 5.10. The lowest BCUT2D eigenvalue weighted by Gasteiger charge is -2.14. The van der Waals surface area contributed by atoms with Gasteiger partial charge in [0.1, 0.15) is 0 Å². The molecule has 19 heavy (non-hydrogen) atoms. The fourth-order valence-corrected chi connectivity index (χ4v) is 2.36. The minimum Gasteiger partial charge on any atom is -0.383 e. The number of allylic oxidation sites excluding steroid dienone is 4. The number of aromatic nitrogens is 2. The molecule has 1 atom stereocenters. The molecule has 5 heteroatoms. The van der Waals surface area contributed by atoms with E-state index in [0.29, 0.717) is 13.0 Å². The summed E-state index contributed by atoms with van der Waals surface area (Å²) < 4.78 is 6.89. The number of carbonyl (C=O) groups is 1. The Labute approximate surface area is 118 Å². The third-order valence-electron chi connectivity index (χ3n) is 3.08. The van der Waals surface area contributed by atoms with Gasteiger partial charge >= 0.3 is 0 Å². The van der Waals surface area contributed by atoms with Gasteiger partial charge in [0.05, 0.1) is 19.3 Å². The highest BCUT2D eigenvalue weighted by Gasteiger charge is 2.13. The van der Waals surface area contributed by atoms with Gasteiger partial charge in [-0.1, -0.05) is 18.2 Å². The van der Waals surface area contributed by atoms with E-state index in [1.807, 2.05) is 17.1 Å². The fraction of sp³-hybridized carbons (Fsp3) is 0.429. The molecule has 0 fully saturated rings. The van der Waals surface area contributed by atoms with Crippen LogP contribution < -0.4 is 0 Å². The Morgan fingerprint density at radius 1 is 1.63 bits per heavy atom. The number of nitrogens with zero attached hydrogens (tertiary/aromatic N) is 2. The molecule has 0 aliphatic heterocycles. The van der Waals surface area contributed by atoms with Crippen LogP contribution in [0.1, 0.15) is 18.4 Å². The summed E-state index contributed by atoms with van der Waals surface area (Å²) in [5, 5.41) is 4.23. The first-order valence-corrected chi connectivity index (χ1v) is 6.75. The monoisotopic (exact) mass is 278 g/mol. The average Bonchev–Trinajstić information content (AvgIpc) is 2.84. The second kappa shape index (κ2) is 6.73. The number of hydrogen-bond acceptors (Lipinski definition) is 3. The van der Waals surface area contributed by atoms with Crippen LogP contribution in [0.3, 0.4) is 0 Å². The summed E-state index contributed by atoms with van der Waals surface area (Å²) >= 11 is 3.85. The van der Waals surface area contributed by atoms with Crippen molar-refractivity contribution in [3.05, 3.63) is 36.2 Å². The Morgan fingerprint density at radius 3 is 3.21 bits per heavy atom. The number of methoxy groups -OCH3 is 1. The molecule has 102 valence electrons. The number of thiol groups is 1. The Kier molecular flexibility index (Phi) is 4.99. The Bertz CT molecular complexity index is 505. The zero-order chi connectivity index (χ0) is 13.7. The second-order valence-electron chi connectivity index (χ2n) is 4.60. The minimum atomic E-state index is -0.0633. The fourth-order valence-electron chi connectivity index (χ4n) is 2.13. The zero-order valence-electron chi connectivity index (χ0n) is 11.0. The van der Waals surface area contributed by atoms with Gasteiger partial charge in [-0.2, -0.15) is 5.10 Å². The molecule has 0 radical (unpaired) electrons. The van der Waals surface area contributed by atoms with Gasteiger partial charge in [-0.3, -0.25) is 9.48 Å². The number of carbonyl (C=O) groups excluding carboxylic acids is 1. The predicted octanol–water partition coefficient (Wildman–Crippen LogP) is 2.34. The van der Waals surface area contributed by atoms with E-state index in [9.17, 15) is 4.79 Å². The van der Waals surface area contributed by atoms with Crippen LogP contribution in [0, 0.1) is 5.92 Å². The third kappa shape index (κ3) is 4.08. The first kappa shape index (κ1) is 14.1. The van der Waals surface area contributed by atoms with E-state index in [4.69, 9.17) is 4.74 Å². The number of rotatable bonds is 6. The first-order valence-electron chi connectivity index (χ1n) is 6.31. The summed E-state index contributed by atoms with van der Waals surface area (Å²) in [5.74, 6) is 0.243. The highest BCUT2D eigenvalue weighted by molar-refractivity contribution is 7.96. The lowest BCUT2D eigenvalue weighted by atomic mass is 9.92. The minimum absolute atomic E-state index is 0.0633. The van der Waals surface area contributed by atoms with E-state index in [1.54, 1.807) is 7.11 Å². The van der Waals surface area contributed by atoms with Crippen LogP contribution in [0.25, 0.3) is 5.57 Å². The molecular formula is C14H18N2O2S. The molecular weight excluding hydrogens is 260 g/mol. The molecule has 0 saturated heterocycles. The molecule has 0 amide bonds. The van der Waals surface area contributed by atoms with Crippen molar-refractivity contribution in [3.63, 3.8) is 0 Å². The van der Waals surface area contributed by atoms with E-state index in [0.717, 1.165) is 24.1 Å². The molecule has 0 spiro atoms. The van der Waals surface area contributed by atoms with E-state index < -0.39 is 0 Å². The maximum atomic E-state index is 11.1. The van der Waals surface area contributed by atoms with E-state index in [2.05, 4.69) is 36.0 Å². The Morgan fingerprint density at radius 2 is 2.47 bits per heavy atom. The van der Waals surface area contributed by atoms with Gasteiger partial charge in [-0.15, -0.1) is 12.6 Å². The van der Waals surface area contributed by atoms with Crippen molar-refractivity contribution >= 4 is 23.3 Å². The molecule has 1 aliphatic rings. The normalized spacial score (nSPS) is 18.4. The van der Waals surface area contributed by atoms with Crippen LogP contribution >= 0.6 is 12.6 Å². The van der Waals surface area contributed by atoms with Gasteiger partial charge in [0.15, 0.2) is 5.12 Å². The molecule has 1 aromatic rings. The largest absolute Gasteiger partial charge is 0.383 e. The summed E-state index contributed by atoms with van der Waals surface area (Å²) in [6, 6.07) is 0. The topological polar surface area (TPSA) is 44.1 Å². The van der Waals surface area contributed by atoms with Crippen LogP contribution in [0.4, 0.5) is 0 Å². The standard InChI is InChI=1S/C14H18N2O2S/c1-18-6-5-16-10-13(9-15-16)12-4-2-3-11(7-12)8-14(17)19/h2,4,7,9-11H,3,5-6,8H2,1H3,(H,17,19). The van der Waals surface area contributed by atoms with Crippen LogP contribution in [0.5, 0.6) is 0 Å². The van der Waals surface area contributed by atoms with Crippen molar-refractivity contribution in [1.29, 1.82) is 0 Å². The summed E-state index contributed by atoms with van der Waals surface area (Å²) in [4.78, 5) is 11.1. The van der Waals surface area contributed by atoms with Crippen LogP contribution in [0.15, 0.2) is 30.6 Å². The smallest absolute Gasteiger partial charge is 0.186 e. The van der Waals surface area contributed by atoms with Crippen LogP contribution in [-0.2, 0) is 16.1 Å². The molecule has 1 heterocycles. The average molecular weight is 278 g/mol.